The molecule has 0 saturated carbocycles. The zero-order valence-electron chi connectivity index (χ0n) is 22.3. The summed E-state index contributed by atoms with van der Waals surface area (Å²) in [6.07, 6.45) is 0.188. The van der Waals surface area contributed by atoms with Gasteiger partial charge in [0.15, 0.2) is 5.13 Å². The highest BCUT2D eigenvalue weighted by Gasteiger charge is 2.38. The summed E-state index contributed by atoms with van der Waals surface area (Å²) >= 11 is 1.38. The summed E-state index contributed by atoms with van der Waals surface area (Å²) in [5, 5.41) is 18.2. The lowest BCUT2D eigenvalue weighted by Gasteiger charge is -2.36. The third kappa shape index (κ3) is 5.20. The first-order valence-electron chi connectivity index (χ1n) is 13.1. The molecule has 0 aliphatic carbocycles. The Balaban J connectivity index is 1.61. The lowest BCUT2D eigenvalue weighted by atomic mass is 9.77. The number of anilines is 1. The van der Waals surface area contributed by atoms with Gasteiger partial charge in [0.1, 0.15) is 11.2 Å². The number of nitrogens with zero attached hydrogens (tertiary/aromatic N) is 3. The van der Waals surface area contributed by atoms with Crippen molar-refractivity contribution in [2.24, 2.45) is 5.16 Å². The quantitative estimate of drug-likeness (QED) is 0.160. The smallest absolute Gasteiger partial charge is 0.360 e. The molecule has 40 heavy (non-hydrogen) atoms. The molecular formula is C31H30N4O4S. The Morgan fingerprint density at radius 3 is 1.98 bits per heavy atom. The molecule has 9 heteroatoms. The topological polar surface area (TPSA) is 104 Å². The Morgan fingerprint density at radius 2 is 1.55 bits per heavy atom. The zero-order valence-corrected chi connectivity index (χ0v) is 23.1. The summed E-state index contributed by atoms with van der Waals surface area (Å²) < 4.78 is 0. The number of hydrogen-bond donors (Lipinski definition) is 2. The van der Waals surface area contributed by atoms with Crippen LogP contribution in [-0.2, 0) is 26.4 Å². The van der Waals surface area contributed by atoms with Crippen LogP contribution in [0.2, 0.25) is 0 Å². The van der Waals surface area contributed by atoms with Crippen LogP contribution < -0.4 is 5.32 Å². The minimum absolute atomic E-state index is 0.219. The highest BCUT2D eigenvalue weighted by Crippen LogP contribution is 2.41. The minimum atomic E-state index is -1.27. The second-order valence-electron chi connectivity index (χ2n) is 9.50. The molecule has 3 aromatic carbocycles. The van der Waals surface area contributed by atoms with Crippen molar-refractivity contribution in [1.82, 2.24) is 9.88 Å². The Morgan fingerprint density at radius 1 is 1.02 bits per heavy atom. The largest absolute Gasteiger partial charge is 0.476 e. The van der Waals surface area contributed by atoms with E-state index in [1.54, 1.807) is 11.9 Å². The lowest BCUT2D eigenvalue weighted by molar-refractivity contribution is -0.137. The highest BCUT2D eigenvalue weighted by atomic mass is 32.1. The Hall–Kier alpha value is -4.50. The van der Waals surface area contributed by atoms with Crippen molar-refractivity contribution in [3.8, 4) is 0 Å². The fraction of sp³-hybridized carbons (Fsp3) is 0.226. The average Bonchev–Trinajstić information content (AvgIpc) is 3.54. The van der Waals surface area contributed by atoms with Gasteiger partial charge in [-0.15, -0.1) is 11.3 Å². The molecule has 2 heterocycles. The number of aromatic nitrogens is 1. The van der Waals surface area contributed by atoms with Gasteiger partial charge in [-0.1, -0.05) is 103 Å². The van der Waals surface area contributed by atoms with Crippen molar-refractivity contribution in [1.29, 1.82) is 0 Å². The summed E-state index contributed by atoms with van der Waals surface area (Å²) in [6, 6.07) is 30.3. The van der Waals surface area contributed by atoms with Crippen LogP contribution in [0.1, 0.15) is 40.6 Å². The van der Waals surface area contributed by atoms with E-state index in [2.05, 4.69) is 46.9 Å². The molecule has 2 N–H and O–H groups in total. The summed E-state index contributed by atoms with van der Waals surface area (Å²) in [6.45, 7) is 2.47. The standard InChI is InChI=1S/C31H30N4O4S/c1-3-25-26(27(29(37)38)34-39-24-19-20-35(2)28(24)36)32-30(40-25)33-31(21-13-7-4-8-14-21,22-15-9-5-10-16-22)23-17-11-6-12-18-23/h4-18,24H,3,19-20H2,1-2H3,(H,32,33)(H,37,38). The number of amides is 1. The van der Waals surface area contributed by atoms with E-state index in [1.165, 1.54) is 11.3 Å². The number of likely N-dealkylation sites (N-methyl/N-ethyl adjacent to an activating group) is 1. The molecule has 1 aromatic heterocycles. The van der Waals surface area contributed by atoms with Crippen LogP contribution in [-0.4, -0.2) is 52.3 Å². The van der Waals surface area contributed by atoms with E-state index in [0.717, 1.165) is 21.6 Å². The first-order chi connectivity index (χ1) is 19.4. The third-order valence-corrected chi connectivity index (χ3v) is 8.12. The molecule has 1 aliphatic rings. The van der Waals surface area contributed by atoms with Crippen molar-refractivity contribution < 1.29 is 19.5 Å². The van der Waals surface area contributed by atoms with Gasteiger partial charge in [-0.05, 0) is 23.1 Å². The maximum absolute atomic E-state index is 12.3. The molecule has 1 atom stereocenters. The number of thiazole rings is 1. The number of benzene rings is 3. The molecule has 0 radical (unpaired) electrons. The second-order valence-corrected chi connectivity index (χ2v) is 10.6. The number of carboxylic acids is 1. The van der Waals surface area contributed by atoms with Gasteiger partial charge in [-0.3, -0.25) is 4.79 Å². The van der Waals surface area contributed by atoms with E-state index in [-0.39, 0.29) is 17.3 Å². The molecule has 1 fully saturated rings. The van der Waals surface area contributed by atoms with Gasteiger partial charge in [0.25, 0.3) is 5.91 Å². The van der Waals surface area contributed by atoms with Crippen LogP contribution >= 0.6 is 11.3 Å². The highest BCUT2D eigenvalue weighted by molar-refractivity contribution is 7.16. The summed E-state index contributed by atoms with van der Waals surface area (Å²) in [5.74, 6) is -1.49. The molecule has 204 valence electrons. The molecule has 1 unspecified atom stereocenters. The molecular weight excluding hydrogens is 524 g/mol. The number of rotatable bonds is 10. The van der Waals surface area contributed by atoms with Crippen LogP contribution in [0.3, 0.4) is 0 Å². The zero-order chi connectivity index (χ0) is 28.1. The van der Waals surface area contributed by atoms with Crippen LogP contribution in [0.4, 0.5) is 5.13 Å². The monoisotopic (exact) mass is 554 g/mol. The normalized spacial score (nSPS) is 15.8. The van der Waals surface area contributed by atoms with Crippen molar-refractivity contribution in [3.63, 3.8) is 0 Å². The Bertz CT molecular complexity index is 1410. The molecule has 0 bridgehead atoms. The number of carbonyl (C=O) groups is 2. The maximum Gasteiger partial charge on any atom is 0.360 e. The number of aliphatic carboxylic acids is 1. The first kappa shape index (κ1) is 27.1. The Labute approximate surface area is 236 Å². The Kier molecular flexibility index (Phi) is 7.93. The number of aryl methyl sites for hydroxylation is 1. The molecule has 0 spiro atoms. The SMILES string of the molecule is CCc1sc(NC(c2ccccc2)(c2ccccc2)c2ccccc2)nc1C(=NOC1CCN(C)C1=O)C(=O)O. The van der Waals surface area contributed by atoms with Gasteiger partial charge in [0.2, 0.25) is 11.8 Å². The number of carboxylic acid groups (broad SMARTS) is 1. The molecule has 4 aromatic rings. The fourth-order valence-electron chi connectivity index (χ4n) is 4.96. The molecule has 1 aliphatic heterocycles. The van der Waals surface area contributed by atoms with E-state index in [0.29, 0.717) is 24.5 Å². The summed E-state index contributed by atoms with van der Waals surface area (Å²) in [5.41, 5.74) is 2.09. The molecule has 5 rings (SSSR count). The van der Waals surface area contributed by atoms with E-state index < -0.39 is 17.6 Å². The summed E-state index contributed by atoms with van der Waals surface area (Å²) in [4.78, 5) is 37.1. The molecule has 1 saturated heterocycles. The van der Waals surface area contributed by atoms with Gasteiger partial charge < -0.3 is 20.2 Å². The van der Waals surface area contributed by atoms with Crippen LogP contribution in [0.15, 0.2) is 96.2 Å². The molecule has 1 amide bonds. The van der Waals surface area contributed by atoms with Crippen molar-refractivity contribution in [3.05, 3.63) is 118 Å². The summed E-state index contributed by atoms with van der Waals surface area (Å²) in [7, 11) is 1.68. The predicted molar refractivity (Wildman–Crippen MR) is 156 cm³/mol. The van der Waals surface area contributed by atoms with Gasteiger partial charge in [0.05, 0.1) is 0 Å². The van der Waals surface area contributed by atoms with E-state index in [1.807, 2.05) is 61.5 Å². The van der Waals surface area contributed by atoms with Crippen molar-refractivity contribution in [2.75, 3.05) is 18.9 Å². The van der Waals surface area contributed by atoms with Gasteiger partial charge in [-0.25, -0.2) is 9.78 Å². The number of likely N-dealkylation sites (tertiary alicyclic amines) is 1. The fourth-order valence-corrected chi connectivity index (χ4v) is 5.92. The van der Waals surface area contributed by atoms with Crippen LogP contribution in [0, 0.1) is 0 Å². The maximum atomic E-state index is 12.3. The number of carbonyl (C=O) groups excluding carboxylic acids is 1. The van der Waals surface area contributed by atoms with Crippen molar-refractivity contribution >= 4 is 34.1 Å². The van der Waals surface area contributed by atoms with Crippen molar-refractivity contribution in [2.45, 2.75) is 31.4 Å². The molecule has 8 nitrogen and oxygen atoms in total. The third-order valence-electron chi connectivity index (χ3n) is 7.01. The van der Waals surface area contributed by atoms with E-state index >= 15 is 0 Å². The van der Waals surface area contributed by atoms with Gasteiger partial charge in [-0.2, -0.15) is 0 Å². The van der Waals surface area contributed by atoms with E-state index in [4.69, 9.17) is 9.82 Å². The lowest BCUT2D eigenvalue weighted by Crippen LogP contribution is -2.38. The average molecular weight is 555 g/mol. The van der Waals surface area contributed by atoms with E-state index in [9.17, 15) is 14.7 Å². The number of nitrogens with one attached hydrogen (secondary N) is 1. The number of oxime groups is 1. The first-order valence-corrected chi connectivity index (χ1v) is 13.9. The van der Waals surface area contributed by atoms with Crippen LogP contribution in [0.25, 0.3) is 0 Å². The van der Waals surface area contributed by atoms with Gasteiger partial charge >= 0.3 is 5.97 Å². The second kappa shape index (κ2) is 11.7. The van der Waals surface area contributed by atoms with Crippen LogP contribution in [0.5, 0.6) is 0 Å². The number of hydrogen-bond acceptors (Lipinski definition) is 7. The minimum Gasteiger partial charge on any atom is -0.476 e. The predicted octanol–water partition coefficient (Wildman–Crippen LogP) is 5.15. The van der Waals surface area contributed by atoms with Gasteiger partial charge in [0, 0.05) is 24.9 Å².